The summed E-state index contributed by atoms with van der Waals surface area (Å²) in [5.41, 5.74) is 5.18. The molecule has 0 aliphatic carbocycles. The van der Waals surface area contributed by atoms with Gasteiger partial charge in [-0.1, -0.05) is 30.3 Å². The molecule has 0 bridgehead atoms. The molecule has 0 aromatic heterocycles. The number of nitrogens with zero attached hydrogens (tertiary/aromatic N) is 2. The zero-order valence-electron chi connectivity index (χ0n) is 10.8. The molecule has 0 saturated heterocycles. The molecule has 0 spiro atoms. The molecular formula is C16H17N2+. The first-order valence-corrected chi connectivity index (χ1v) is 6.24. The molecule has 0 N–H and O–H groups in total. The van der Waals surface area contributed by atoms with Crippen LogP contribution in [0.2, 0.25) is 0 Å². The largest absolute Gasteiger partial charge is 0.319 e. The van der Waals surface area contributed by atoms with E-state index in [9.17, 15) is 0 Å². The molecule has 0 amide bonds. The van der Waals surface area contributed by atoms with Gasteiger partial charge in [0.25, 0.3) is 0 Å². The fourth-order valence-corrected chi connectivity index (χ4v) is 2.54. The molecule has 1 aliphatic rings. The van der Waals surface area contributed by atoms with Gasteiger partial charge in [0.15, 0.2) is 5.71 Å². The number of hydrogen-bond acceptors (Lipinski definition) is 1. The van der Waals surface area contributed by atoms with Crippen molar-refractivity contribution in [3.8, 4) is 0 Å². The van der Waals surface area contributed by atoms with E-state index in [0.717, 1.165) is 6.67 Å². The highest BCUT2D eigenvalue weighted by molar-refractivity contribution is 6.01. The number of anilines is 1. The first-order chi connectivity index (χ1) is 8.77. The molecular weight excluding hydrogens is 220 g/mol. The second-order valence-electron chi connectivity index (χ2n) is 4.71. The van der Waals surface area contributed by atoms with Crippen molar-refractivity contribution in [2.45, 2.75) is 6.92 Å². The molecule has 1 heterocycles. The average molecular weight is 237 g/mol. The van der Waals surface area contributed by atoms with Crippen molar-refractivity contribution in [3.63, 3.8) is 0 Å². The lowest BCUT2D eigenvalue weighted by molar-refractivity contribution is -0.440. The molecule has 18 heavy (non-hydrogen) atoms. The molecule has 0 unspecified atom stereocenters. The summed E-state index contributed by atoms with van der Waals surface area (Å²) in [6.45, 7) is 3.09. The Morgan fingerprint density at radius 3 is 2.39 bits per heavy atom. The molecule has 0 radical (unpaired) electrons. The van der Waals surface area contributed by atoms with E-state index in [1.807, 2.05) is 0 Å². The van der Waals surface area contributed by atoms with Crippen LogP contribution in [0.1, 0.15) is 12.5 Å². The maximum absolute atomic E-state index is 2.35. The summed E-state index contributed by atoms with van der Waals surface area (Å²) in [7, 11) is 2.14. The van der Waals surface area contributed by atoms with Gasteiger partial charge < -0.3 is 4.90 Å². The molecule has 0 atom stereocenters. The quantitative estimate of drug-likeness (QED) is 0.690. The SMILES string of the molecule is CC1=[N+](c2ccccc2)CN(C)c2ccccc21. The Bertz CT molecular complexity index is 600. The fourth-order valence-electron chi connectivity index (χ4n) is 2.54. The van der Waals surface area contributed by atoms with E-state index in [0.29, 0.717) is 0 Å². The molecule has 2 aromatic carbocycles. The van der Waals surface area contributed by atoms with Gasteiger partial charge in [0.05, 0.1) is 11.3 Å². The minimum absolute atomic E-state index is 0.896. The third kappa shape index (κ3) is 1.70. The maximum atomic E-state index is 2.35. The summed E-state index contributed by atoms with van der Waals surface area (Å²) in [6, 6.07) is 19.1. The van der Waals surface area contributed by atoms with Gasteiger partial charge in [-0.05, 0) is 12.1 Å². The van der Waals surface area contributed by atoms with Gasteiger partial charge in [-0.25, -0.2) is 0 Å². The van der Waals surface area contributed by atoms with Gasteiger partial charge in [0, 0.05) is 26.1 Å². The number of hydrogen-bond donors (Lipinski definition) is 0. The zero-order chi connectivity index (χ0) is 12.5. The van der Waals surface area contributed by atoms with Crippen LogP contribution in [0.25, 0.3) is 0 Å². The minimum atomic E-state index is 0.896. The van der Waals surface area contributed by atoms with Crippen LogP contribution in [0, 0.1) is 0 Å². The molecule has 2 aromatic rings. The van der Waals surface area contributed by atoms with E-state index in [2.05, 4.69) is 78.0 Å². The summed E-state index contributed by atoms with van der Waals surface area (Å²) in [5.74, 6) is 0. The van der Waals surface area contributed by atoms with Gasteiger partial charge in [-0.3, -0.25) is 0 Å². The van der Waals surface area contributed by atoms with E-state index in [4.69, 9.17) is 0 Å². The Morgan fingerprint density at radius 2 is 1.61 bits per heavy atom. The Labute approximate surface area is 108 Å². The van der Waals surface area contributed by atoms with E-state index < -0.39 is 0 Å². The van der Waals surface area contributed by atoms with Crippen molar-refractivity contribution < 1.29 is 4.58 Å². The summed E-state index contributed by atoms with van der Waals surface area (Å²) in [4.78, 5) is 2.29. The number of rotatable bonds is 1. The Morgan fingerprint density at radius 1 is 0.944 bits per heavy atom. The topological polar surface area (TPSA) is 6.25 Å². The minimum Gasteiger partial charge on any atom is -0.319 e. The smallest absolute Gasteiger partial charge is 0.224 e. The zero-order valence-corrected chi connectivity index (χ0v) is 10.8. The van der Waals surface area contributed by atoms with Crippen molar-refractivity contribution in [1.82, 2.24) is 0 Å². The first kappa shape index (κ1) is 11.0. The van der Waals surface area contributed by atoms with Crippen molar-refractivity contribution in [2.75, 3.05) is 18.6 Å². The van der Waals surface area contributed by atoms with Gasteiger partial charge in [0.1, 0.15) is 0 Å². The number of para-hydroxylation sites is 2. The number of fused-ring (bicyclic) bond motifs is 1. The van der Waals surface area contributed by atoms with Gasteiger partial charge in [-0.15, -0.1) is 0 Å². The van der Waals surface area contributed by atoms with E-state index in [1.54, 1.807) is 0 Å². The van der Waals surface area contributed by atoms with Crippen LogP contribution in [0.3, 0.4) is 0 Å². The fraction of sp³-hybridized carbons (Fsp3) is 0.188. The summed E-state index contributed by atoms with van der Waals surface area (Å²) < 4.78 is 2.35. The highest BCUT2D eigenvalue weighted by Gasteiger charge is 2.26. The highest BCUT2D eigenvalue weighted by atomic mass is 15.3. The Balaban J connectivity index is 2.18. The van der Waals surface area contributed by atoms with Crippen molar-refractivity contribution in [2.24, 2.45) is 0 Å². The Kier molecular flexibility index (Phi) is 2.63. The lowest BCUT2D eigenvalue weighted by Crippen LogP contribution is -2.35. The molecule has 0 fully saturated rings. The van der Waals surface area contributed by atoms with Gasteiger partial charge in [-0.2, -0.15) is 4.58 Å². The number of benzene rings is 2. The third-order valence-electron chi connectivity index (χ3n) is 3.53. The second kappa shape index (κ2) is 4.30. The van der Waals surface area contributed by atoms with Crippen LogP contribution in [0.4, 0.5) is 11.4 Å². The van der Waals surface area contributed by atoms with Crippen LogP contribution < -0.4 is 4.90 Å². The van der Waals surface area contributed by atoms with Crippen LogP contribution in [0.5, 0.6) is 0 Å². The molecule has 3 rings (SSSR count). The summed E-state index contributed by atoms with van der Waals surface area (Å²) in [6.07, 6.45) is 0. The molecule has 2 nitrogen and oxygen atoms in total. The monoisotopic (exact) mass is 237 g/mol. The molecule has 1 aliphatic heterocycles. The van der Waals surface area contributed by atoms with Crippen molar-refractivity contribution >= 4 is 17.1 Å². The first-order valence-electron chi connectivity index (χ1n) is 6.24. The third-order valence-corrected chi connectivity index (χ3v) is 3.53. The molecule has 0 saturated carbocycles. The summed E-state index contributed by atoms with van der Waals surface area (Å²) in [5, 5.41) is 0. The highest BCUT2D eigenvalue weighted by Crippen LogP contribution is 2.26. The standard InChI is InChI=1S/C16H17N2/c1-13-15-10-6-7-11-16(15)17(2)12-18(13)14-8-4-3-5-9-14/h3-11H,12H2,1-2H3/q+1. The van der Waals surface area contributed by atoms with Gasteiger partial charge >= 0.3 is 0 Å². The van der Waals surface area contributed by atoms with E-state index >= 15 is 0 Å². The van der Waals surface area contributed by atoms with E-state index in [1.165, 1.54) is 22.6 Å². The van der Waals surface area contributed by atoms with Crippen LogP contribution >= 0.6 is 0 Å². The predicted octanol–water partition coefficient (Wildman–Crippen LogP) is 3.25. The van der Waals surface area contributed by atoms with Crippen molar-refractivity contribution in [1.29, 1.82) is 0 Å². The molecule has 90 valence electrons. The van der Waals surface area contributed by atoms with Crippen LogP contribution in [-0.2, 0) is 0 Å². The predicted molar refractivity (Wildman–Crippen MR) is 75.9 cm³/mol. The van der Waals surface area contributed by atoms with Crippen LogP contribution in [-0.4, -0.2) is 24.0 Å². The Hall–Kier alpha value is -2.09. The van der Waals surface area contributed by atoms with E-state index in [-0.39, 0.29) is 0 Å². The van der Waals surface area contributed by atoms with Crippen LogP contribution in [0.15, 0.2) is 54.6 Å². The lowest BCUT2D eigenvalue weighted by Gasteiger charge is -2.25. The normalized spacial score (nSPS) is 14.7. The molecule has 2 heteroatoms. The maximum Gasteiger partial charge on any atom is 0.224 e. The van der Waals surface area contributed by atoms with Crippen molar-refractivity contribution in [3.05, 3.63) is 60.2 Å². The average Bonchev–Trinajstić information content (AvgIpc) is 2.44. The van der Waals surface area contributed by atoms with Gasteiger partial charge in [0.2, 0.25) is 12.4 Å². The second-order valence-corrected chi connectivity index (χ2v) is 4.71. The lowest BCUT2D eigenvalue weighted by atomic mass is 10.1. The summed E-state index contributed by atoms with van der Waals surface area (Å²) >= 11 is 0.